The zero-order valence-electron chi connectivity index (χ0n) is 19.9. The van der Waals surface area contributed by atoms with Gasteiger partial charge in [-0.15, -0.1) is 0 Å². The van der Waals surface area contributed by atoms with Crippen LogP contribution in [0.1, 0.15) is 31.4 Å². The smallest absolute Gasteiger partial charge is 0.261 e. The highest BCUT2D eigenvalue weighted by atomic mass is 32.2. The Balaban J connectivity index is 1.65. The summed E-state index contributed by atoms with van der Waals surface area (Å²) in [5, 5.41) is 0.412. The Morgan fingerprint density at radius 2 is 1.74 bits per heavy atom. The molecule has 0 bridgehead atoms. The number of fused-ring (bicyclic) bond motifs is 1. The van der Waals surface area contributed by atoms with Crippen molar-refractivity contribution in [1.82, 2.24) is 14.5 Å². The number of methoxy groups -OCH3 is 2. The maximum atomic E-state index is 12.9. The van der Waals surface area contributed by atoms with Crippen LogP contribution >= 0.6 is 0 Å². The molecule has 3 rings (SSSR count). The zero-order valence-corrected chi connectivity index (χ0v) is 20.8. The van der Waals surface area contributed by atoms with Crippen LogP contribution in [0.3, 0.4) is 0 Å². The van der Waals surface area contributed by atoms with Gasteiger partial charge in [0.1, 0.15) is 0 Å². The van der Waals surface area contributed by atoms with Crippen molar-refractivity contribution in [3.8, 4) is 11.5 Å². The fourth-order valence-electron chi connectivity index (χ4n) is 3.65. The summed E-state index contributed by atoms with van der Waals surface area (Å²) in [6.45, 7) is 2.22. The van der Waals surface area contributed by atoms with E-state index in [1.54, 1.807) is 48.3 Å². The Morgan fingerprint density at radius 3 is 2.32 bits per heavy atom. The molecule has 10 heteroatoms. The maximum absolute atomic E-state index is 12.9. The zero-order chi connectivity index (χ0) is 25.0. The molecule has 3 aromatic rings. The average molecular weight is 488 g/mol. The van der Waals surface area contributed by atoms with Gasteiger partial charge in [0.2, 0.25) is 5.91 Å². The standard InChI is InChI=1S/C24H29N3O6S/c1-16(17-8-10-18(11-9-17)34(5,30)31)26(2)23(28)7-6-12-27-15-25-20-14-22(33-4)21(32-3)13-19(20)24(27)29/h8-11,13-16H,6-7,12H2,1-5H3. The van der Waals surface area contributed by atoms with Crippen molar-refractivity contribution in [2.24, 2.45) is 0 Å². The van der Waals surface area contributed by atoms with E-state index >= 15 is 0 Å². The summed E-state index contributed by atoms with van der Waals surface area (Å²) < 4.78 is 35.3. The number of rotatable bonds is 9. The summed E-state index contributed by atoms with van der Waals surface area (Å²) in [6, 6.07) is 9.56. The normalized spacial score (nSPS) is 12.4. The summed E-state index contributed by atoms with van der Waals surface area (Å²) in [7, 11) is 1.46. The number of ether oxygens (including phenoxy) is 2. The number of aromatic nitrogens is 2. The summed E-state index contributed by atoms with van der Waals surface area (Å²) in [5.41, 5.74) is 1.12. The SMILES string of the molecule is COc1cc2ncn(CCCC(=O)N(C)C(C)c3ccc(S(C)(=O)=O)cc3)c(=O)c2cc1OC. The van der Waals surface area contributed by atoms with E-state index in [4.69, 9.17) is 9.47 Å². The molecule has 0 aliphatic heterocycles. The molecule has 1 atom stereocenters. The first kappa shape index (κ1) is 25.2. The molecule has 1 aromatic heterocycles. The van der Waals surface area contributed by atoms with Crippen molar-refractivity contribution < 1.29 is 22.7 Å². The summed E-state index contributed by atoms with van der Waals surface area (Å²) in [5.74, 6) is 0.864. The fourth-order valence-corrected chi connectivity index (χ4v) is 4.29. The van der Waals surface area contributed by atoms with Crippen LogP contribution in [-0.2, 0) is 21.2 Å². The number of carbonyl (C=O) groups excluding carboxylic acids is 1. The van der Waals surface area contributed by atoms with E-state index in [0.29, 0.717) is 35.4 Å². The molecule has 0 fully saturated rings. The van der Waals surface area contributed by atoms with Gasteiger partial charge in [0.05, 0.1) is 42.4 Å². The van der Waals surface area contributed by atoms with Gasteiger partial charge in [-0.25, -0.2) is 13.4 Å². The van der Waals surface area contributed by atoms with Gasteiger partial charge < -0.3 is 14.4 Å². The minimum Gasteiger partial charge on any atom is -0.493 e. The third-order valence-electron chi connectivity index (χ3n) is 5.88. The van der Waals surface area contributed by atoms with Crippen LogP contribution in [0.2, 0.25) is 0 Å². The highest BCUT2D eigenvalue weighted by Crippen LogP contribution is 2.29. The molecule has 1 amide bonds. The van der Waals surface area contributed by atoms with E-state index < -0.39 is 9.84 Å². The van der Waals surface area contributed by atoms with Crippen molar-refractivity contribution in [2.45, 2.75) is 37.2 Å². The Bertz CT molecular complexity index is 1350. The van der Waals surface area contributed by atoms with Crippen LogP contribution in [0.25, 0.3) is 10.9 Å². The number of nitrogens with zero attached hydrogens (tertiary/aromatic N) is 3. The highest BCUT2D eigenvalue weighted by molar-refractivity contribution is 7.90. The fraction of sp³-hybridized carbons (Fsp3) is 0.375. The number of aryl methyl sites for hydroxylation is 1. The van der Waals surface area contributed by atoms with E-state index in [9.17, 15) is 18.0 Å². The highest BCUT2D eigenvalue weighted by Gasteiger charge is 2.18. The average Bonchev–Trinajstić information content (AvgIpc) is 2.83. The number of hydrogen-bond donors (Lipinski definition) is 0. The van der Waals surface area contributed by atoms with Crippen LogP contribution in [0.5, 0.6) is 11.5 Å². The molecule has 0 saturated heterocycles. The predicted molar refractivity (Wildman–Crippen MR) is 129 cm³/mol. The first-order valence-corrected chi connectivity index (χ1v) is 12.6. The van der Waals surface area contributed by atoms with Crippen molar-refractivity contribution in [2.75, 3.05) is 27.5 Å². The van der Waals surface area contributed by atoms with Gasteiger partial charge in [-0.1, -0.05) is 12.1 Å². The van der Waals surface area contributed by atoms with E-state index in [0.717, 1.165) is 11.8 Å². The summed E-state index contributed by atoms with van der Waals surface area (Å²) in [6.07, 6.45) is 3.34. The van der Waals surface area contributed by atoms with E-state index in [2.05, 4.69) is 4.98 Å². The molecule has 0 aliphatic rings. The number of amides is 1. The molecule has 1 unspecified atom stereocenters. The van der Waals surface area contributed by atoms with Crippen molar-refractivity contribution >= 4 is 26.6 Å². The first-order chi connectivity index (χ1) is 16.1. The molecule has 1 heterocycles. The summed E-state index contributed by atoms with van der Waals surface area (Å²) in [4.78, 5) is 31.8. The van der Waals surface area contributed by atoms with Gasteiger partial charge in [-0.2, -0.15) is 0 Å². The van der Waals surface area contributed by atoms with Gasteiger partial charge in [0.15, 0.2) is 21.3 Å². The molecule has 2 aromatic carbocycles. The Morgan fingerprint density at radius 1 is 1.12 bits per heavy atom. The molecule has 0 spiro atoms. The van der Waals surface area contributed by atoms with Crippen molar-refractivity contribution in [3.63, 3.8) is 0 Å². The third-order valence-corrected chi connectivity index (χ3v) is 7.01. The molecule has 0 N–H and O–H groups in total. The minimum atomic E-state index is -3.27. The van der Waals surface area contributed by atoms with Gasteiger partial charge in [-0.05, 0) is 37.1 Å². The van der Waals surface area contributed by atoms with Crippen LogP contribution in [0.15, 0.2) is 52.4 Å². The lowest BCUT2D eigenvalue weighted by atomic mass is 10.1. The largest absolute Gasteiger partial charge is 0.493 e. The van der Waals surface area contributed by atoms with Gasteiger partial charge in [0.25, 0.3) is 5.56 Å². The number of carbonyl (C=O) groups is 1. The quantitative estimate of drug-likeness (QED) is 0.457. The van der Waals surface area contributed by atoms with Crippen molar-refractivity contribution in [1.29, 1.82) is 0 Å². The lowest BCUT2D eigenvalue weighted by Gasteiger charge is -2.25. The monoisotopic (exact) mass is 487 g/mol. The maximum Gasteiger partial charge on any atom is 0.261 e. The van der Waals surface area contributed by atoms with E-state index in [1.165, 1.54) is 25.1 Å². The second-order valence-corrected chi connectivity index (χ2v) is 10.1. The minimum absolute atomic E-state index is 0.0760. The molecule has 0 aliphatic carbocycles. The molecule has 34 heavy (non-hydrogen) atoms. The van der Waals surface area contributed by atoms with Gasteiger partial charge in [-0.3, -0.25) is 14.2 Å². The van der Waals surface area contributed by atoms with Crippen molar-refractivity contribution in [3.05, 3.63) is 58.6 Å². The Kier molecular flexibility index (Phi) is 7.61. The van der Waals surface area contributed by atoms with E-state index in [1.807, 2.05) is 6.92 Å². The summed E-state index contributed by atoms with van der Waals surface area (Å²) >= 11 is 0. The van der Waals surface area contributed by atoms with Crippen LogP contribution in [-0.4, -0.2) is 56.3 Å². The second kappa shape index (κ2) is 10.3. The molecular weight excluding hydrogens is 458 g/mol. The first-order valence-electron chi connectivity index (χ1n) is 10.7. The van der Waals surface area contributed by atoms with Crippen LogP contribution in [0, 0.1) is 0 Å². The lowest BCUT2D eigenvalue weighted by molar-refractivity contribution is -0.131. The number of sulfone groups is 1. The van der Waals surface area contributed by atoms with Gasteiger partial charge >= 0.3 is 0 Å². The third kappa shape index (κ3) is 5.39. The Hall–Kier alpha value is -3.40. The molecule has 0 radical (unpaired) electrons. The Labute approximate surface area is 198 Å². The molecular formula is C24H29N3O6S. The number of benzene rings is 2. The second-order valence-electron chi connectivity index (χ2n) is 8.09. The van der Waals surface area contributed by atoms with Crippen LogP contribution in [0.4, 0.5) is 0 Å². The molecule has 0 saturated carbocycles. The van der Waals surface area contributed by atoms with E-state index in [-0.39, 0.29) is 28.8 Å². The molecule has 9 nitrogen and oxygen atoms in total. The predicted octanol–water partition coefficient (Wildman–Crippen LogP) is 2.82. The number of hydrogen-bond acceptors (Lipinski definition) is 7. The topological polar surface area (TPSA) is 108 Å². The van der Waals surface area contributed by atoms with Crippen LogP contribution < -0.4 is 15.0 Å². The van der Waals surface area contributed by atoms with Gasteiger partial charge in [0, 0.05) is 32.3 Å². The lowest BCUT2D eigenvalue weighted by Crippen LogP contribution is -2.30. The molecule has 182 valence electrons.